The zero-order valence-corrected chi connectivity index (χ0v) is 13.4. The molecule has 0 bridgehead atoms. The lowest BCUT2D eigenvalue weighted by Crippen LogP contribution is -2.49. The predicted molar refractivity (Wildman–Crippen MR) is 85.3 cm³/mol. The second-order valence-corrected chi connectivity index (χ2v) is 6.98. The second-order valence-electron chi connectivity index (χ2n) is 6.98. The largest absolute Gasteiger partial charge is 0.468 e. The minimum atomic E-state index is 0.406. The summed E-state index contributed by atoms with van der Waals surface area (Å²) in [6.45, 7) is 12.8. The molecule has 3 atom stereocenters. The summed E-state index contributed by atoms with van der Waals surface area (Å²) in [5.74, 6) is 2.71. The summed E-state index contributed by atoms with van der Waals surface area (Å²) in [6.07, 6.45) is 3.17. The zero-order chi connectivity index (χ0) is 14.7. The van der Waals surface area contributed by atoms with E-state index in [0.717, 1.165) is 50.3 Å². The van der Waals surface area contributed by atoms with Crippen LogP contribution >= 0.6 is 0 Å². The van der Waals surface area contributed by atoms with Crippen molar-refractivity contribution in [3.63, 3.8) is 0 Å². The smallest absolute Gasteiger partial charge is 0.122 e. The van der Waals surface area contributed by atoms with Gasteiger partial charge >= 0.3 is 0 Å². The third-order valence-electron chi connectivity index (χ3n) is 4.85. The molecule has 0 saturated carbocycles. The number of hydrogen-bond donors (Lipinski definition) is 1. The van der Waals surface area contributed by atoms with Gasteiger partial charge in [0.2, 0.25) is 0 Å². The number of hydrogen-bond acceptors (Lipinski definition) is 4. The molecule has 0 aromatic carbocycles. The van der Waals surface area contributed by atoms with E-state index in [1.165, 1.54) is 19.5 Å². The quantitative estimate of drug-likeness (QED) is 0.921. The van der Waals surface area contributed by atoms with Gasteiger partial charge in [0.25, 0.3) is 0 Å². The molecule has 2 saturated heterocycles. The lowest BCUT2D eigenvalue weighted by Gasteiger charge is -2.41. The van der Waals surface area contributed by atoms with Gasteiger partial charge in [-0.05, 0) is 30.4 Å². The Labute approximate surface area is 128 Å². The van der Waals surface area contributed by atoms with Crippen molar-refractivity contribution in [3.8, 4) is 0 Å². The van der Waals surface area contributed by atoms with E-state index in [9.17, 15) is 0 Å². The molecule has 3 heterocycles. The summed E-state index contributed by atoms with van der Waals surface area (Å²) in [5.41, 5.74) is 0. The van der Waals surface area contributed by atoms with Gasteiger partial charge in [-0.25, -0.2) is 0 Å². The number of rotatable bonds is 4. The molecule has 0 amide bonds. The molecule has 2 aliphatic rings. The average Bonchev–Trinajstić information content (AvgIpc) is 2.98. The molecule has 0 aliphatic carbocycles. The summed E-state index contributed by atoms with van der Waals surface area (Å²) < 4.78 is 5.78. The van der Waals surface area contributed by atoms with Crippen LogP contribution in [0.1, 0.15) is 32.1 Å². The summed E-state index contributed by atoms with van der Waals surface area (Å²) in [6, 6.07) is 4.58. The topological polar surface area (TPSA) is 31.6 Å². The molecule has 0 radical (unpaired) electrons. The van der Waals surface area contributed by atoms with Crippen LogP contribution in [0.25, 0.3) is 0 Å². The van der Waals surface area contributed by atoms with Crippen LogP contribution < -0.4 is 5.32 Å². The molecule has 3 rings (SSSR count). The van der Waals surface area contributed by atoms with Crippen LogP contribution in [0.5, 0.6) is 0 Å². The van der Waals surface area contributed by atoms with Gasteiger partial charge in [-0.2, -0.15) is 0 Å². The molecule has 2 fully saturated rings. The van der Waals surface area contributed by atoms with E-state index in [1.807, 2.05) is 12.3 Å². The third-order valence-corrected chi connectivity index (χ3v) is 4.85. The molecular weight excluding hydrogens is 262 g/mol. The van der Waals surface area contributed by atoms with Gasteiger partial charge in [-0.1, -0.05) is 13.8 Å². The number of nitrogens with one attached hydrogen (secondary N) is 1. The molecule has 0 spiro atoms. The molecule has 1 N–H and O–H groups in total. The van der Waals surface area contributed by atoms with Crippen LogP contribution in [0.3, 0.4) is 0 Å². The molecule has 2 aliphatic heterocycles. The van der Waals surface area contributed by atoms with Gasteiger partial charge in [0, 0.05) is 45.8 Å². The van der Waals surface area contributed by atoms with Gasteiger partial charge in [-0.15, -0.1) is 0 Å². The highest BCUT2D eigenvalue weighted by molar-refractivity contribution is 5.06. The van der Waals surface area contributed by atoms with Crippen molar-refractivity contribution in [3.05, 3.63) is 24.2 Å². The van der Waals surface area contributed by atoms with Gasteiger partial charge in [0.05, 0.1) is 12.3 Å². The van der Waals surface area contributed by atoms with Crippen LogP contribution in [-0.2, 0) is 0 Å². The molecular formula is C17H29N3O. The average molecular weight is 291 g/mol. The van der Waals surface area contributed by atoms with Crippen molar-refractivity contribution in [1.29, 1.82) is 0 Å². The fourth-order valence-corrected chi connectivity index (χ4v) is 3.97. The summed E-state index contributed by atoms with van der Waals surface area (Å²) in [5, 5.41) is 3.44. The maximum atomic E-state index is 5.78. The first kappa shape index (κ1) is 15.1. The summed E-state index contributed by atoms with van der Waals surface area (Å²) in [4.78, 5) is 5.23. The third kappa shape index (κ3) is 3.87. The lowest BCUT2D eigenvalue weighted by atomic mass is 9.90. The van der Waals surface area contributed by atoms with Gasteiger partial charge in [0.1, 0.15) is 5.76 Å². The van der Waals surface area contributed by atoms with Crippen LogP contribution in [0.15, 0.2) is 22.8 Å². The lowest BCUT2D eigenvalue weighted by molar-refractivity contribution is 0.0576. The molecule has 4 heteroatoms. The minimum absolute atomic E-state index is 0.406. The highest BCUT2D eigenvalue weighted by Crippen LogP contribution is 2.30. The van der Waals surface area contributed by atoms with Crippen LogP contribution in [-0.4, -0.2) is 55.6 Å². The van der Waals surface area contributed by atoms with Crippen molar-refractivity contribution in [2.24, 2.45) is 11.8 Å². The Morgan fingerprint density at radius 1 is 1.24 bits per heavy atom. The minimum Gasteiger partial charge on any atom is -0.468 e. The number of nitrogens with zero attached hydrogens (tertiary/aromatic N) is 2. The van der Waals surface area contributed by atoms with Crippen molar-refractivity contribution < 1.29 is 4.42 Å². The molecule has 1 aromatic rings. The fraction of sp³-hybridized carbons (Fsp3) is 0.765. The molecule has 3 unspecified atom stereocenters. The molecule has 118 valence electrons. The van der Waals surface area contributed by atoms with Crippen molar-refractivity contribution in [1.82, 2.24) is 15.1 Å². The van der Waals surface area contributed by atoms with Gasteiger partial charge in [0.15, 0.2) is 0 Å². The maximum Gasteiger partial charge on any atom is 0.122 e. The summed E-state index contributed by atoms with van der Waals surface area (Å²) in [7, 11) is 0. The zero-order valence-electron chi connectivity index (χ0n) is 13.4. The van der Waals surface area contributed by atoms with Gasteiger partial charge < -0.3 is 9.73 Å². The first-order chi connectivity index (χ1) is 10.2. The molecule has 4 nitrogen and oxygen atoms in total. The van der Waals surface area contributed by atoms with E-state index >= 15 is 0 Å². The SMILES string of the molecule is CC1CC(C)CN(C(CN2CCNCC2)c2ccco2)C1. The van der Waals surface area contributed by atoms with Gasteiger partial charge in [-0.3, -0.25) is 9.80 Å². The number of piperidine rings is 1. The highest BCUT2D eigenvalue weighted by atomic mass is 16.3. The Balaban J connectivity index is 1.72. The van der Waals surface area contributed by atoms with Crippen molar-refractivity contribution >= 4 is 0 Å². The first-order valence-electron chi connectivity index (χ1n) is 8.43. The second kappa shape index (κ2) is 6.95. The molecule has 1 aromatic heterocycles. The van der Waals surface area contributed by atoms with Crippen LogP contribution in [0, 0.1) is 11.8 Å². The molecule has 21 heavy (non-hydrogen) atoms. The standard InChI is InChI=1S/C17H29N3O/c1-14-10-15(2)12-20(11-14)16(17-4-3-9-21-17)13-19-7-5-18-6-8-19/h3-4,9,14-16,18H,5-8,10-13H2,1-2H3. The first-order valence-corrected chi connectivity index (χ1v) is 8.43. The Hall–Kier alpha value is -0.840. The Morgan fingerprint density at radius 3 is 2.57 bits per heavy atom. The number of piperazine rings is 1. The number of likely N-dealkylation sites (tertiary alicyclic amines) is 1. The van der Waals surface area contributed by atoms with Crippen molar-refractivity contribution in [2.45, 2.75) is 26.3 Å². The highest BCUT2D eigenvalue weighted by Gasteiger charge is 2.31. The Bertz CT molecular complexity index is 404. The van der Waals surface area contributed by atoms with E-state index < -0.39 is 0 Å². The fourth-order valence-electron chi connectivity index (χ4n) is 3.97. The monoisotopic (exact) mass is 291 g/mol. The van der Waals surface area contributed by atoms with Crippen LogP contribution in [0.4, 0.5) is 0 Å². The van der Waals surface area contributed by atoms with Crippen molar-refractivity contribution in [2.75, 3.05) is 45.8 Å². The van der Waals surface area contributed by atoms with E-state index in [4.69, 9.17) is 4.42 Å². The van der Waals surface area contributed by atoms with E-state index in [0.29, 0.717) is 6.04 Å². The Kier molecular flexibility index (Phi) is 4.99. The van der Waals surface area contributed by atoms with E-state index in [1.54, 1.807) is 0 Å². The predicted octanol–water partition coefficient (Wildman–Crippen LogP) is 2.20. The normalized spacial score (nSPS) is 30.4. The van der Waals surface area contributed by atoms with E-state index in [2.05, 4.69) is 35.0 Å². The summed E-state index contributed by atoms with van der Waals surface area (Å²) >= 11 is 0. The van der Waals surface area contributed by atoms with Crippen LogP contribution in [0.2, 0.25) is 0 Å². The maximum absolute atomic E-state index is 5.78. The number of furan rings is 1. The van der Waals surface area contributed by atoms with E-state index in [-0.39, 0.29) is 0 Å². The Morgan fingerprint density at radius 2 is 1.95 bits per heavy atom.